The molecule has 4 heteroatoms. The van der Waals surface area contributed by atoms with E-state index in [0.717, 1.165) is 23.6 Å². The van der Waals surface area contributed by atoms with Crippen LogP contribution in [0.1, 0.15) is 45.6 Å². The summed E-state index contributed by atoms with van der Waals surface area (Å²) < 4.78 is 0. The molecule has 0 heterocycles. The van der Waals surface area contributed by atoms with Crippen molar-refractivity contribution in [3.05, 3.63) is 33.9 Å². The van der Waals surface area contributed by atoms with E-state index in [-0.39, 0.29) is 10.6 Å². The molecule has 0 aliphatic rings. The summed E-state index contributed by atoms with van der Waals surface area (Å²) in [5, 5.41) is 14.1. The number of non-ortho nitro benzene ring substituents is 1. The van der Waals surface area contributed by atoms with Gasteiger partial charge in [-0.25, -0.2) is 0 Å². The summed E-state index contributed by atoms with van der Waals surface area (Å²) in [5.74, 6) is 0.728. The highest BCUT2D eigenvalue weighted by Gasteiger charge is 2.10. The molecule has 1 unspecified atom stereocenters. The number of nitro groups is 1. The molecule has 0 saturated carbocycles. The second-order valence-electron chi connectivity index (χ2n) is 5.63. The summed E-state index contributed by atoms with van der Waals surface area (Å²) in [6, 6.07) is 5.29. The van der Waals surface area contributed by atoms with Crippen molar-refractivity contribution < 1.29 is 4.92 Å². The highest BCUT2D eigenvalue weighted by atomic mass is 16.6. The Bertz CT molecular complexity index is 430. The number of nitro benzene ring substituents is 1. The fourth-order valence-corrected chi connectivity index (χ4v) is 2.05. The molecule has 0 saturated heterocycles. The summed E-state index contributed by atoms with van der Waals surface area (Å²) in [7, 11) is 0. The molecular weight excluding hydrogens is 240 g/mol. The summed E-state index contributed by atoms with van der Waals surface area (Å²) in [6.07, 6.45) is 3.49. The van der Waals surface area contributed by atoms with Crippen molar-refractivity contribution in [1.29, 1.82) is 0 Å². The van der Waals surface area contributed by atoms with Crippen molar-refractivity contribution in [1.82, 2.24) is 0 Å². The van der Waals surface area contributed by atoms with Crippen LogP contribution in [0.25, 0.3) is 0 Å². The van der Waals surface area contributed by atoms with Crippen molar-refractivity contribution in [3.8, 4) is 0 Å². The number of hydrogen-bond donors (Lipinski definition) is 1. The van der Waals surface area contributed by atoms with Crippen LogP contribution in [0.3, 0.4) is 0 Å². The van der Waals surface area contributed by atoms with Gasteiger partial charge in [0.25, 0.3) is 5.69 Å². The van der Waals surface area contributed by atoms with Gasteiger partial charge in [-0.1, -0.05) is 32.8 Å². The molecule has 0 fully saturated rings. The maximum Gasteiger partial charge on any atom is 0.271 e. The van der Waals surface area contributed by atoms with Gasteiger partial charge in [-0.3, -0.25) is 10.1 Å². The Morgan fingerprint density at radius 1 is 1.26 bits per heavy atom. The van der Waals surface area contributed by atoms with Crippen LogP contribution < -0.4 is 5.32 Å². The Morgan fingerprint density at radius 2 is 1.95 bits per heavy atom. The summed E-state index contributed by atoms with van der Waals surface area (Å²) >= 11 is 0. The van der Waals surface area contributed by atoms with E-state index < -0.39 is 0 Å². The molecule has 0 amide bonds. The molecular formula is C15H24N2O2. The minimum absolute atomic E-state index is 0.141. The van der Waals surface area contributed by atoms with Crippen LogP contribution in [0.15, 0.2) is 18.2 Å². The lowest BCUT2D eigenvalue weighted by Crippen LogP contribution is -2.16. The van der Waals surface area contributed by atoms with Gasteiger partial charge in [-0.05, 0) is 31.7 Å². The molecule has 106 valence electrons. The van der Waals surface area contributed by atoms with Crippen LogP contribution in [0, 0.1) is 23.0 Å². The lowest BCUT2D eigenvalue weighted by Gasteiger charge is -2.17. The molecule has 0 spiro atoms. The van der Waals surface area contributed by atoms with Gasteiger partial charge in [0.2, 0.25) is 0 Å². The number of benzene rings is 1. The van der Waals surface area contributed by atoms with Gasteiger partial charge >= 0.3 is 0 Å². The highest BCUT2D eigenvalue weighted by Crippen LogP contribution is 2.23. The molecule has 0 bridgehead atoms. The summed E-state index contributed by atoms with van der Waals surface area (Å²) in [5.41, 5.74) is 2.05. The molecule has 1 N–H and O–H groups in total. The first-order chi connectivity index (χ1) is 8.90. The van der Waals surface area contributed by atoms with E-state index in [1.54, 1.807) is 18.2 Å². The smallest absolute Gasteiger partial charge is 0.271 e. The van der Waals surface area contributed by atoms with Gasteiger partial charge < -0.3 is 5.32 Å². The standard InChI is InChI=1S/C15H24N2O2/c1-11(2)6-5-7-13(4)16-15-10-14(17(18)19)9-8-12(15)3/h8-11,13,16H,5-7H2,1-4H3. The number of rotatable bonds is 7. The molecule has 0 aromatic heterocycles. The number of nitrogens with one attached hydrogen (secondary N) is 1. The van der Waals surface area contributed by atoms with Crippen LogP contribution in [0.2, 0.25) is 0 Å². The quantitative estimate of drug-likeness (QED) is 0.581. The Balaban J connectivity index is 2.60. The number of anilines is 1. The van der Waals surface area contributed by atoms with Gasteiger partial charge in [-0.15, -0.1) is 0 Å². The zero-order valence-electron chi connectivity index (χ0n) is 12.3. The van der Waals surface area contributed by atoms with Gasteiger partial charge in [0, 0.05) is 23.9 Å². The zero-order valence-corrected chi connectivity index (χ0v) is 12.3. The molecule has 4 nitrogen and oxygen atoms in total. The molecule has 1 aromatic carbocycles. The average molecular weight is 264 g/mol. The SMILES string of the molecule is Cc1ccc([N+](=O)[O-])cc1NC(C)CCCC(C)C. The monoisotopic (exact) mass is 264 g/mol. The Kier molecular flexibility index (Phi) is 5.80. The molecule has 1 atom stereocenters. The van der Waals surface area contributed by atoms with E-state index in [1.165, 1.54) is 12.8 Å². The van der Waals surface area contributed by atoms with Crippen molar-refractivity contribution >= 4 is 11.4 Å². The molecule has 0 aliphatic heterocycles. The zero-order chi connectivity index (χ0) is 14.4. The first-order valence-electron chi connectivity index (χ1n) is 6.91. The third-order valence-corrected chi connectivity index (χ3v) is 3.25. The predicted molar refractivity (Wildman–Crippen MR) is 79.6 cm³/mol. The summed E-state index contributed by atoms with van der Waals surface area (Å²) in [6.45, 7) is 8.54. The van der Waals surface area contributed by atoms with E-state index in [4.69, 9.17) is 0 Å². The van der Waals surface area contributed by atoms with E-state index >= 15 is 0 Å². The third-order valence-electron chi connectivity index (χ3n) is 3.25. The minimum atomic E-state index is -0.353. The fourth-order valence-electron chi connectivity index (χ4n) is 2.05. The lowest BCUT2D eigenvalue weighted by molar-refractivity contribution is -0.384. The number of aryl methyl sites for hydroxylation is 1. The van der Waals surface area contributed by atoms with E-state index in [2.05, 4.69) is 26.1 Å². The minimum Gasteiger partial charge on any atom is -0.382 e. The van der Waals surface area contributed by atoms with Crippen LogP contribution in [-0.2, 0) is 0 Å². The Labute approximate surface area is 115 Å². The lowest BCUT2D eigenvalue weighted by atomic mass is 10.0. The number of nitrogens with zero attached hydrogens (tertiary/aromatic N) is 1. The van der Waals surface area contributed by atoms with Gasteiger partial charge in [0.15, 0.2) is 0 Å². The summed E-state index contributed by atoms with van der Waals surface area (Å²) in [4.78, 5) is 10.4. The Morgan fingerprint density at radius 3 is 2.53 bits per heavy atom. The normalized spacial score (nSPS) is 12.5. The molecule has 0 aliphatic carbocycles. The van der Waals surface area contributed by atoms with Gasteiger partial charge in [0.05, 0.1) is 4.92 Å². The molecule has 1 rings (SSSR count). The van der Waals surface area contributed by atoms with E-state index in [1.807, 2.05) is 6.92 Å². The first-order valence-corrected chi connectivity index (χ1v) is 6.91. The predicted octanol–water partition coefficient (Wildman–Crippen LogP) is 4.53. The van der Waals surface area contributed by atoms with E-state index in [0.29, 0.717) is 6.04 Å². The molecule has 1 aromatic rings. The van der Waals surface area contributed by atoms with Crippen LogP contribution in [0.5, 0.6) is 0 Å². The average Bonchev–Trinajstić information content (AvgIpc) is 2.31. The highest BCUT2D eigenvalue weighted by molar-refractivity contribution is 5.57. The second-order valence-corrected chi connectivity index (χ2v) is 5.63. The van der Waals surface area contributed by atoms with Crippen molar-refractivity contribution in [3.63, 3.8) is 0 Å². The maximum absolute atomic E-state index is 10.8. The van der Waals surface area contributed by atoms with Crippen LogP contribution in [0.4, 0.5) is 11.4 Å². The second kappa shape index (κ2) is 7.12. The van der Waals surface area contributed by atoms with Crippen molar-refractivity contribution in [2.75, 3.05) is 5.32 Å². The topological polar surface area (TPSA) is 55.2 Å². The third kappa shape index (κ3) is 5.28. The van der Waals surface area contributed by atoms with Gasteiger partial charge in [0.1, 0.15) is 0 Å². The Hall–Kier alpha value is -1.58. The van der Waals surface area contributed by atoms with Crippen molar-refractivity contribution in [2.45, 2.75) is 53.0 Å². The van der Waals surface area contributed by atoms with Gasteiger partial charge in [-0.2, -0.15) is 0 Å². The fraction of sp³-hybridized carbons (Fsp3) is 0.600. The first kappa shape index (κ1) is 15.5. The van der Waals surface area contributed by atoms with E-state index in [9.17, 15) is 10.1 Å². The van der Waals surface area contributed by atoms with Crippen molar-refractivity contribution in [2.24, 2.45) is 5.92 Å². The molecule has 19 heavy (non-hydrogen) atoms. The largest absolute Gasteiger partial charge is 0.382 e. The van der Waals surface area contributed by atoms with Crippen LogP contribution >= 0.6 is 0 Å². The van der Waals surface area contributed by atoms with Crippen LogP contribution in [-0.4, -0.2) is 11.0 Å². The maximum atomic E-state index is 10.8. The molecule has 0 radical (unpaired) electrons. The number of hydrogen-bond acceptors (Lipinski definition) is 3.